The molecule has 1 aromatic rings. The standard InChI is InChI=1S/C14H22BrNO2/c1-4-17-8-5-9-18-14-7-6-12(15)10-13(14)11(2)16-3/h6-7,10-11,16H,4-5,8-9H2,1-3H3. The average Bonchev–Trinajstić information content (AvgIpc) is 2.39. The van der Waals surface area contributed by atoms with Gasteiger partial charge in [0, 0.05) is 35.7 Å². The molecule has 0 amide bonds. The zero-order valence-electron chi connectivity index (χ0n) is 11.3. The molecule has 1 unspecified atom stereocenters. The van der Waals surface area contributed by atoms with E-state index in [2.05, 4.69) is 34.2 Å². The number of hydrogen-bond donors (Lipinski definition) is 1. The van der Waals surface area contributed by atoms with Crippen LogP contribution >= 0.6 is 15.9 Å². The molecule has 0 aromatic heterocycles. The van der Waals surface area contributed by atoms with Gasteiger partial charge in [-0.2, -0.15) is 0 Å². The Labute approximate surface area is 118 Å². The maximum absolute atomic E-state index is 5.82. The third-order valence-electron chi connectivity index (χ3n) is 2.77. The molecule has 0 saturated heterocycles. The van der Waals surface area contributed by atoms with Crippen molar-refractivity contribution in [3.8, 4) is 5.75 Å². The lowest BCUT2D eigenvalue weighted by Gasteiger charge is -2.17. The monoisotopic (exact) mass is 315 g/mol. The third-order valence-corrected chi connectivity index (χ3v) is 3.26. The lowest BCUT2D eigenvalue weighted by Crippen LogP contribution is -2.14. The largest absolute Gasteiger partial charge is 0.493 e. The van der Waals surface area contributed by atoms with Crippen LogP contribution in [0.4, 0.5) is 0 Å². The van der Waals surface area contributed by atoms with Crippen molar-refractivity contribution in [1.82, 2.24) is 5.32 Å². The molecule has 0 aliphatic carbocycles. The van der Waals surface area contributed by atoms with E-state index in [0.29, 0.717) is 6.61 Å². The highest BCUT2D eigenvalue weighted by Gasteiger charge is 2.10. The average molecular weight is 316 g/mol. The Morgan fingerprint density at radius 1 is 1.33 bits per heavy atom. The predicted octanol–water partition coefficient (Wildman–Crippen LogP) is 3.53. The molecule has 0 saturated carbocycles. The van der Waals surface area contributed by atoms with Gasteiger partial charge in [0.15, 0.2) is 0 Å². The molecular weight excluding hydrogens is 294 g/mol. The summed E-state index contributed by atoms with van der Waals surface area (Å²) in [5.41, 5.74) is 1.17. The van der Waals surface area contributed by atoms with E-state index in [4.69, 9.17) is 9.47 Å². The minimum Gasteiger partial charge on any atom is -0.493 e. The van der Waals surface area contributed by atoms with E-state index < -0.39 is 0 Å². The summed E-state index contributed by atoms with van der Waals surface area (Å²) in [5.74, 6) is 0.941. The second-order valence-electron chi connectivity index (χ2n) is 4.09. The number of nitrogens with one attached hydrogen (secondary N) is 1. The Balaban J connectivity index is 2.58. The van der Waals surface area contributed by atoms with Crippen molar-refractivity contribution in [3.05, 3.63) is 28.2 Å². The van der Waals surface area contributed by atoms with Crippen molar-refractivity contribution in [2.75, 3.05) is 26.9 Å². The lowest BCUT2D eigenvalue weighted by atomic mass is 10.1. The first-order chi connectivity index (χ1) is 8.69. The molecule has 0 bridgehead atoms. The number of benzene rings is 1. The maximum atomic E-state index is 5.82. The summed E-state index contributed by atoms with van der Waals surface area (Å²) >= 11 is 3.49. The van der Waals surface area contributed by atoms with Gasteiger partial charge in [0.25, 0.3) is 0 Å². The molecule has 3 nitrogen and oxygen atoms in total. The van der Waals surface area contributed by atoms with Gasteiger partial charge < -0.3 is 14.8 Å². The Bertz CT molecular complexity index is 358. The van der Waals surface area contributed by atoms with Crippen LogP contribution in [0.1, 0.15) is 31.9 Å². The van der Waals surface area contributed by atoms with Crippen molar-refractivity contribution < 1.29 is 9.47 Å². The first-order valence-electron chi connectivity index (χ1n) is 6.36. The van der Waals surface area contributed by atoms with Gasteiger partial charge in [0.2, 0.25) is 0 Å². The smallest absolute Gasteiger partial charge is 0.124 e. The second kappa shape index (κ2) is 8.51. The van der Waals surface area contributed by atoms with Gasteiger partial charge in [0.1, 0.15) is 5.75 Å². The molecule has 102 valence electrons. The van der Waals surface area contributed by atoms with Crippen LogP contribution in [0.3, 0.4) is 0 Å². The summed E-state index contributed by atoms with van der Waals surface area (Å²) in [4.78, 5) is 0. The van der Waals surface area contributed by atoms with E-state index in [1.165, 1.54) is 5.56 Å². The van der Waals surface area contributed by atoms with Gasteiger partial charge in [-0.15, -0.1) is 0 Å². The van der Waals surface area contributed by atoms with Crippen molar-refractivity contribution in [2.45, 2.75) is 26.3 Å². The molecule has 0 spiro atoms. The fourth-order valence-corrected chi connectivity index (χ4v) is 2.01. The van der Waals surface area contributed by atoms with Crippen LogP contribution < -0.4 is 10.1 Å². The van der Waals surface area contributed by atoms with E-state index in [1.807, 2.05) is 26.1 Å². The van der Waals surface area contributed by atoms with Gasteiger partial charge in [0.05, 0.1) is 6.61 Å². The quantitative estimate of drug-likeness (QED) is 0.744. The van der Waals surface area contributed by atoms with Crippen LogP contribution in [0.5, 0.6) is 5.75 Å². The highest BCUT2D eigenvalue weighted by molar-refractivity contribution is 9.10. The fourth-order valence-electron chi connectivity index (χ4n) is 1.63. The highest BCUT2D eigenvalue weighted by atomic mass is 79.9. The predicted molar refractivity (Wildman–Crippen MR) is 78.2 cm³/mol. The molecule has 1 N–H and O–H groups in total. The first-order valence-corrected chi connectivity index (χ1v) is 7.15. The highest BCUT2D eigenvalue weighted by Crippen LogP contribution is 2.28. The second-order valence-corrected chi connectivity index (χ2v) is 5.01. The normalized spacial score (nSPS) is 12.4. The number of rotatable bonds is 8. The summed E-state index contributed by atoms with van der Waals surface area (Å²) in [5, 5.41) is 3.23. The molecule has 18 heavy (non-hydrogen) atoms. The molecule has 0 aliphatic heterocycles. The van der Waals surface area contributed by atoms with E-state index in [0.717, 1.165) is 29.9 Å². The van der Waals surface area contributed by atoms with E-state index in [1.54, 1.807) is 0 Å². The summed E-state index contributed by atoms with van der Waals surface area (Å²) < 4.78 is 12.2. The Hall–Kier alpha value is -0.580. The zero-order chi connectivity index (χ0) is 13.4. The molecule has 1 atom stereocenters. The van der Waals surface area contributed by atoms with E-state index in [9.17, 15) is 0 Å². The minimum atomic E-state index is 0.268. The molecule has 4 heteroatoms. The molecule has 0 heterocycles. The van der Waals surface area contributed by atoms with Crippen LogP contribution in [-0.2, 0) is 4.74 Å². The topological polar surface area (TPSA) is 30.5 Å². The van der Waals surface area contributed by atoms with Crippen molar-refractivity contribution in [2.24, 2.45) is 0 Å². The molecule has 1 aromatic carbocycles. The van der Waals surface area contributed by atoms with Gasteiger partial charge in [-0.25, -0.2) is 0 Å². The van der Waals surface area contributed by atoms with Crippen LogP contribution in [0.25, 0.3) is 0 Å². The van der Waals surface area contributed by atoms with Gasteiger partial charge >= 0.3 is 0 Å². The van der Waals surface area contributed by atoms with Crippen LogP contribution in [-0.4, -0.2) is 26.9 Å². The third kappa shape index (κ3) is 4.96. The van der Waals surface area contributed by atoms with Crippen LogP contribution in [0.15, 0.2) is 22.7 Å². The minimum absolute atomic E-state index is 0.268. The number of hydrogen-bond acceptors (Lipinski definition) is 3. The van der Waals surface area contributed by atoms with E-state index >= 15 is 0 Å². The molecular formula is C14H22BrNO2. The van der Waals surface area contributed by atoms with Crippen molar-refractivity contribution >= 4 is 15.9 Å². The SMILES string of the molecule is CCOCCCOc1ccc(Br)cc1C(C)NC. The Kier molecular flexibility index (Phi) is 7.32. The Morgan fingerprint density at radius 3 is 2.78 bits per heavy atom. The van der Waals surface area contributed by atoms with Gasteiger partial charge in [-0.3, -0.25) is 0 Å². The fraction of sp³-hybridized carbons (Fsp3) is 0.571. The first kappa shape index (κ1) is 15.5. The molecule has 1 rings (SSSR count). The summed E-state index contributed by atoms with van der Waals surface area (Å²) in [7, 11) is 1.95. The van der Waals surface area contributed by atoms with Gasteiger partial charge in [-0.1, -0.05) is 15.9 Å². The molecule has 0 fully saturated rings. The zero-order valence-corrected chi connectivity index (χ0v) is 12.9. The molecule has 0 aliphatic rings. The Morgan fingerprint density at radius 2 is 2.11 bits per heavy atom. The maximum Gasteiger partial charge on any atom is 0.124 e. The summed E-state index contributed by atoms with van der Waals surface area (Å²) in [6, 6.07) is 6.38. The summed E-state index contributed by atoms with van der Waals surface area (Å²) in [6.45, 7) is 6.33. The molecule has 0 radical (unpaired) electrons. The van der Waals surface area contributed by atoms with Crippen LogP contribution in [0.2, 0.25) is 0 Å². The number of ether oxygens (including phenoxy) is 2. The van der Waals surface area contributed by atoms with Gasteiger partial charge in [-0.05, 0) is 39.1 Å². The van der Waals surface area contributed by atoms with Crippen LogP contribution in [0, 0.1) is 0 Å². The van der Waals surface area contributed by atoms with Crippen molar-refractivity contribution in [3.63, 3.8) is 0 Å². The van der Waals surface area contributed by atoms with E-state index in [-0.39, 0.29) is 6.04 Å². The summed E-state index contributed by atoms with van der Waals surface area (Å²) in [6.07, 6.45) is 0.914. The number of halogens is 1. The lowest BCUT2D eigenvalue weighted by molar-refractivity contribution is 0.130. The van der Waals surface area contributed by atoms with Crippen molar-refractivity contribution in [1.29, 1.82) is 0 Å².